The van der Waals surface area contributed by atoms with Crippen LogP contribution >= 0.6 is 0 Å². The zero-order valence-electron chi connectivity index (χ0n) is 13.7. The molecule has 0 spiro atoms. The van der Waals surface area contributed by atoms with Gasteiger partial charge in [-0.25, -0.2) is 0 Å². The van der Waals surface area contributed by atoms with Gasteiger partial charge in [0.2, 0.25) is 0 Å². The van der Waals surface area contributed by atoms with Crippen molar-refractivity contribution in [3.63, 3.8) is 0 Å². The number of fused-ring (bicyclic) bond motifs is 1. The van der Waals surface area contributed by atoms with Crippen LogP contribution < -0.4 is 0 Å². The molecular formula is C16H28O2Si2. The van der Waals surface area contributed by atoms with Gasteiger partial charge in [-0.3, -0.25) is 0 Å². The van der Waals surface area contributed by atoms with Gasteiger partial charge >= 0.3 is 0 Å². The van der Waals surface area contributed by atoms with E-state index in [-0.39, 0.29) is 12.2 Å². The standard InChI is InChI=1S/C16H28O2Si2/c1-19(2,3)17-15-12-11-13-9-7-8-10-14(13)16(15)18-20(4,5)6/h7-10,15-16H,11-12H2,1-6H3/t15-,16+/m0/s1. The van der Waals surface area contributed by atoms with E-state index in [0.717, 1.165) is 12.8 Å². The summed E-state index contributed by atoms with van der Waals surface area (Å²) >= 11 is 0. The van der Waals surface area contributed by atoms with Gasteiger partial charge in [0.15, 0.2) is 16.6 Å². The first-order chi connectivity index (χ1) is 9.16. The molecule has 0 amide bonds. The number of benzene rings is 1. The Morgan fingerprint density at radius 2 is 1.50 bits per heavy atom. The summed E-state index contributed by atoms with van der Waals surface area (Å²) < 4.78 is 12.9. The van der Waals surface area contributed by atoms with Crippen molar-refractivity contribution in [3.8, 4) is 0 Å². The second-order valence-corrected chi connectivity index (χ2v) is 16.6. The smallest absolute Gasteiger partial charge is 0.184 e. The Morgan fingerprint density at radius 3 is 2.10 bits per heavy atom. The van der Waals surface area contributed by atoms with E-state index < -0.39 is 16.6 Å². The van der Waals surface area contributed by atoms with Crippen LogP contribution in [0.25, 0.3) is 0 Å². The Morgan fingerprint density at radius 1 is 0.900 bits per heavy atom. The topological polar surface area (TPSA) is 18.5 Å². The molecule has 1 aliphatic carbocycles. The summed E-state index contributed by atoms with van der Waals surface area (Å²) in [7, 11) is -3.14. The third-order valence-electron chi connectivity index (χ3n) is 3.38. The number of aryl methyl sites for hydroxylation is 1. The lowest BCUT2D eigenvalue weighted by atomic mass is 9.88. The first-order valence-electron chi connectivity index (χ1n) is 7.59. The van der Waals surface area contributed by atoms with Crippen LogP contribution in [0.5, 0.6) is 0 Å². The van der Waals surface area contributed by atoms with Gasteiger partial charge in [0.05, 0.1) is 12.2 Å². The maximum Gasteiger partial charge on any atom is 0.184 e. The quantitative estimate of drug-likeness (QED) is 0.748. The minimum atomic E-state index is -1.59. The maximum atomic E-state index is 6.50. The Hall–Kier alpha value is -0.426. The van der Waals surface area contributed by atoms with Crippen molar-refractivity contribution in [1.29, 1.82) is 0 Å². The Kier molecular flexibility index (Phi) is 4.59. The fourth-order valence-corrected chi connectivity index (χ4v) is 4.97. The molecule has 0 saturated heterocycles. The van der Waals surface area contributed by atoms with Gasteiger partial charge in [0.1, 0.15) is 0 Å². The van der Waals surface area contributed by atoms with Gasteiger partial charge in [-0.1, -0.05) is 24.3 Å². The Bertz CT molecular complexity index is 460. The van der Waals surface area contributed by atoms with E-state index in [1.807, 2.05) is 0 Å². The van der Waals surface area contributed by atoms with E-state index in [4.69, 9.17) is 8.85 Å². The molecule has 1 aliphatic rings. The molecule has 0 aliphatic heterocycles. The van der Waals surface area contributed by atoms with Gasteiger partial charge in [0, 0.05) is 0 Å². The van der Waals surface area contributed by atoms with Crippen molar-refractivity contribution in [3.05, 3.63) is 35.4 Å². The summed E-state index contributed by atoms with van der Waals surface area (Å²) in [4.78, 5) is 0. The molecule has 0 bridgehead atoms. The highest BCUT2D eigenvalue weighted by molar-refractivity contribution is 6.70. The third-order valence-corrected chi connectivity index (χ3v) is 5.35. The number of rotatable bonds is 4. The number of hydrogen-bond donors (Lipinski definition) is 0. The summed E-state index contributed by atoms with van der Waals surface area (Å²) in [5.74, 6) is 0. The van der Waals surface area contributed by atoms with Crippen molar-refractivity contribution in [2.24, 2.45) is 0 Å². The molecule has 112 valence electrons. The van der Waals surface area contributed by atoms with Crippen molar-refractivity contribution in [1.82, 2.24) is 0 Å². The summed E-state index contributed by atoms with van der Waals surface area (Å²) in [6.07, 6.45) is 2.54. The molecule has 0 saturated carbocycles. The highest BCUT2D eigenvalue weighted by Gasteiger charge is 2.36. The molecule has 0 radical (unpaired) electrons. The molecule has 2 rings (SSSR count). The molecule has 4 heteroatoms. The minimum absolute atomic E-state index is 0.123. The zero-order valence-corrected chi connectivity index (χ0v) is 15.7. The first-order valence-corrected chi connectivity index (χ1v) is 14.4. The number of hydrogen-bond acceptors (Lipinski definition) is 2. The van der Waals surface area contributed by atoms with Gasteiger partial charge in [-0.2, -0.15) is 0 Å². The molecule has 0 N–H and O–H groups in total. The predicted octanol–water partition coefficient (Wildman–Crippen LogP) is 4.75. The van der Waals surface area contributed by atoms with E-state index in [2.05, 4.69) is 63.5 Å². The fraction of sp³-hybridized carbons (Fsp3) is 0.625. The second kappa shape index (κ2) is 5.75. The molecule has 0 fully saturated rings. The molecule has 2 atom stereocenters. The summed E-state index contributed by atoms with van der Waals surface area (Å²) in [6, 6.07) is 8.71. The van der Waals surface area contributed by atoms with Gasteiger partial charge in [0.25, 0.3) is 0 Å². The van der Waals surface area contributed by atoms with E-state index in [1.54, 1.807) is 0 Å². The summed E-state index contributed by atoms with van der Waals surface area (Å²) in [6.45, 7) is 13.6. The van der Waals surface area contributed by atoms with E-state index in [0.29, 0.717) is 0 Å². The van der Waals surface area contributed by atoms with Crippen molar-refractivity contribution in [2.75, 3.05) is 0 Å². The van der Waals surface area contributed by atoms with Gasteiger partial charge < -0.3 is 8.85 Å². The van der Waals surface area contributed by atoms with Crippen LogP contribution in [-0.2, 0) is 15.3 Å². The Labute approximate surface area is 125 Å². The normalized spacial score (nSPS) is 23.5. The predicted molar refractivity (Wildman–Crippen MR) is 90.2 cm³/mol. The summed E-state index contributed by atoms with van der Waals surface area (Å²) in [5.41, 5.74) is 2.79. The van der Waals surface area contributed by atoms with Crippen molar-refractivity contribution >= 4 is 16.6 Å². The second-order valence-electron chi connectivity index (χ2n) is 7.66. The molecule has 0 unspecified atom stereocenters. The van der Waals surface area contributed by atoms with E-state index >= 15 is 0 Å². The average Bonchev–Trinajstić information content (AvgIpc) is 2.29. The fourth-order valence-electron chi connectivity index (χ4n) is 2.78. The van der Waals surface area contributed by atoms with Crippen LogP contribution in [0.4, 0.5) is 0 Å². The Balaban J connectivity index is 2.30. The zero-order chi connectivity index (χ0) is 15.0. The maximum absolute atomic E-state index is 6.50. The molecule has 0 heterocycles. The minimum Gasteiger partial charge on any atom is -0.412 e. The molecule has 1 aromatic rings. The van der Waals surface area contributed by atoms with Crippen LogP contribution in [0.3, 0.4) is 0 Å². The van der Waals surface area contributed by atoms with E-state index in [9.17, 15) is 0 Å². The molecular weight excluding hydrogens is 280 g/mol. The summed E-state index contributed by atoms with van der Waals surface area (Å²) in [5, 5.41) is 0. The third kappa shape index (κ3) is 4.28. The largest absolute Gasteiger partial charge is 0.412 e. The molecule has 0 aromatic heterocycles. The van der Waals surface area contributed by atoms with Crippen molar-refractivity contribution in [2.45, 2.75) is 64.3 Å². The molecule has 20 heavy (non-hydrogen) atoms. The highest BCUT2D eigenvalue weighted by atomic mass is 28.4. The van der Waals surface area contributed by atoms with Crippen LogP contribution in [0.15, 0.2) is 24.3 Å². The average molecular weight is 309 g/mol. The van der Waals surface area contributed by atoms with Gasteiger partial charge in [-0.05, 0) is 63.3 Å². The lowest BCUT2D eigenvalue weighted by molar-refractivity contribution is 0.0303. The SMILES string of the molecule is C[Si](C)(C)O[C@H]1CCc2ccccc2[C@H]1O[Si](C)(C)C. The monoisotopic (exact) mass is 308 g/mol. The highest BCUT2D eigenvalue weighted by Crippen LogP contribution is 2.37. The molecule has 2 nitrogen and oxygen atoms in total. The van der Waals surface area contributed by atoms with Gasteiger partial charge in [-0.15, -0.1) is 0 Å². The van der Waals surface area contributed by atoms with Crippen LogP contribution in [0, 0.1) is 0 Å². The first kappa shape index (κ1) is 16.0. The lowest BCUT2D eigenvalue weighted by Gasteiger charge is -2.40. The van der Waals surface area contributed by atoms with Crippen LogP contribution in [-0.4, -0.2) is 22.7 Å². The van der Waals surface area contributed by atoms with E-state index in [1.165, 1.54) is 11.1 Å². The van der Waals surface area contributed by atoms with Crippen LogP contribution in [0.2, 0.25) is 39.3 Å². The lowest BCUT2D eigenvalue weighted by Crippen LogP contribution is -2.42. The van der Waals surface area contributed by atoms with Crippen LogP contribution in [0.1, 0.15) is 23.7 Å². The molecule has 1 aromatic carbocycles. The van der Waals surface area contributed by atoms with Crippen molar-refractivity contribution < 1.29 is 8.85 Å².